The fraction of sp³-hybridized carbons (Fsp3) is 0.556. The van der Waals surface area contributed by atoms with Crippen molar-refractivity contribution in [1.29, 1.82) is 0 Å². The second-order valence-electron chi connectivity index (χ2n) is 9.26. The summed E-state index contributed by atoms with van der Waals surface area (Å²) in [5.41, 5.74) is 4.41. The summed E-state index contributed by atoms with van der Waals surface area (Å²) in [5, 5.41) is 0. The third kappa shape index (κ3) is 7.01. The van der Waals surface area contributed by atoms with Crippen LogP contribution in [-0.4, -0.2) is 92.7 Å². The van der Waals surface area contributed by atoms with Crippen LogP contribution in [-0.2, 0) is 11.3 Å². The Bertz CT molecular complexity index is 944. The van der Waals surface area contributed by atoms with Crippen LogP contribution in [0.3, 0.4) is 0 Å². The fourth-order valence-corrected chi connectivity index (χ4v) is 4.66. The molecule has 1 unspecified atom stereocenters. The summed E-state index contributed by atoms with van der Waals surface area (Å²) in [6.07, 6.45) is 1.92. The van der Waals surface area contributed by atoms with Crippen molar-refractivity contribution in [3.63, 3.8) is 0 Å². The number of aryl methyl sites for hydroxylation is 1. The Labute approximate surface area is 204 Å². The maximum absolute atomic E-state index is 6.19. The third-order valence-electron chi connectivity index (χ3n) is 6.68. The fourth-order valence-electron chi connectivity index (χ4n) is 4.66. The first-order valence-corrected chi connectivity index (χ1v) is 12.6. The van der Waals surface area contributed by atoms with Gasteiger partial charge in [0.15, 0.2) is 0 Å². The lowest BCUT2D eigenvalue weighted by Crippen LogP contribution is -2.52. The van der Waals surface area contributed by atoms with Crippen molar-refractivity contribution in [2.24, 2.45) is 4.99 Å². The zero-order chi connectivity index (χ0) is 23.8. The maximum Gasteiger partial charge on any atom is 0.215 e. The predicted octanol–water partition coefficient (Wildman–Crippen LogP) is 3.25. The quantitative estimate of drug-likeness (QED) is 0.530. The Balaban J connectivity index is 1.40. The van der Waals surface area contributed by atoms with Crippen molar-refractivity contribution in [2.45, 2.75) is 33.4 Å². The second-order valence-corrected chi connectivity index (χ2v) is 9.26. The lowest BCUT2D eigenvalue weighted by molar-refractivity contribution is 0.0742. The van der Waals surface area contributed by atoms with E-state index in [-0.39, 0.29) is 0 Å². The number of likely N-dealkylation sites (N-methyl/N-ethyl adjacent to an activating group) is 1. The molecule has 7 nitrogen and oxygen atoms in total. The van der Waals surface area contributed by atoms with E-state index in [4.69, 9.17) is 14.5 Å². The van der Waals surface area contributed by atoms with E-state index in [9.17, 15) is 0 Å². The summed E-state index contributed by atoms with van der Waals surface area (Å²) in [6.45, 7) is 16.5. The van der Waals surface area contributed by atoms with Crippen LogP contribution < -0.4 is 9.64 Å². The van der Waals surface area contributed by atoms with Crippen LogP contribution in [0.25, 0.3) is 0 Å². The number of hydrogen-bond acceptors (Lipinski definition) is 7. The summed E-state index contributed by atoms with van der Waals surface area (Å²) in [7, 11) is 0. The van der Waals surface area contributed by atoms with Crippen molar-refractivity contribution in [3.05, 3.63) is 53.2 Å². The van der Waals surface area contributed by atoms with Crippen LogP contribution in [0.15, 0.2) is 41.4 Å². The highest BCUT2D eigenvalue weighted by molar-refractivity contribution is 5.79. The van der Waals surface area contributed by atoms with Crippen molar-refractivity contribution in [1.82, 2.24) is 14.8 Å². The minimum absolute atomic E-state index is 0.526. The molecule has 1 aromatic heterocycles. The van der Waals surface area contributed by atoms with E-state index in [1.165, 1.54) is 5.56 Å². The highest BCUT2D eigenvalue weighted by Crippen LogP contribution is 2.23. The maximum atomic E-state index is 6.19. The predicted molar refractivity (Wildman–Crippen MR) is 138 cm³/mol. The molecular formula is C27H39N5O2. The topological polar surface area (TPSA) is 53.4 Å². The SMILES string of the molecule is CCN1CCN(CCOc2cc(N3CCOCC3)cc(CN=Cc3cccc(C)c3)n2)C(C)C1. The van der Waals surface area contributed by atoms with Gasteiger partial charge in [0.2, 0.25) is 5.88 Å². The molecule has 2 aliphatic rings. The van der Waals surface area contributed by atoms with Crippen molar-refractivity contribution < 1.29 is 9.47 Å². The Morgan fingerprint density at radius 2 is 2.00 bits per heavy atom. The number of morpholine rings is 1. The molecule has 2 aromatic rings. The van der Waals surface area contributed by atoms with E-state index in [0.29, 0.717) is 25.1 Å². The van der Waals surface area contributed by atoms with Gasteiger partial charge in [-0.1, -0.05) is 36.8 Å². The monoisotopic (exact) mass is 465 g/mol. The summed E-state index contributed by atoms with van der Waals surface area (Å²) in [6, 6.07) is 13.1. The van der Waals surface area contributed by atoms with Gasteiger partial charge in [0.1, 0.15) is 6.61 Å². The van der Waals surface area contributed by atoms with Gasteiger partial charge in [0.05, 0.1) is 25.5 Å². The highest BCUT2D eigenvalue weighted by Gasteiger charge is 2.22. The van der Waals surface area contributed by atoms with Gasteiger partial charge in [-0.3, -0.25) is 9.89 Å². The molecular weight excluding hydrogens is 426 g/mol. The molecule has 0 spiro atoms. The molecule has 4 rings (SSSR count). The number of piperazine rings is 1. The molecule has 34 heavy (non-hydrogen) atoms. The van der Waals surface area contributed by atoms with Gasteiger partial charge >= 0.3 is 0 Å². The Kier molecular flexibility index (Phi) is 8.91. The number of aliphatic imine (C=N–C) groups is 1. The number of rotatable bonds is 9. The molecule has 1 atom stereocenters. The van der Waals surface area contributed by atoms with E-state index >= 15 is 0 Å². The number of hydrogen-bond donors (Lipinski definition) is 0. The van der Waals surface area contributed by atoms with Crippen molar-refractivity contribution in [2.75, 3.05) is 70.5 Å². The number of pyridine rings is 1. The number of benzene rings is 1. The van der Waals surface area contributed by atoms with Gasteiger partial charge in [-0.2, -0.15) is 0 Å². The van der Waals surface area contributed by atoms with Crippen LogP contribution in [0.2, 0.25) is 0 Å². The molecule has 0 saturated carbocycles. The lowest BCUT2D eigenvalue weighted by atomic mass is 10.1. The molecule has 2 fully saturated rings. The van der Waals surface area contributed by atoms with Crippen LogP contribution in [0.4, 0.5) is 5.69 Å². The minimum atomic E-state index is 0.526. The molecule has 2 aliphatic heterocycles. The van der Waals surface area contributed by atoms with Gasteiger partial charge in [-0.15, -0.1) is 0 Å². The first-order valence-electron chi connectivity index (χ1n) is 12.6. The van der Waals surface area contributed by atoms with E-state index in [2.05, 4.69) is 76.9 Å². The third-order valence-corrected chi connectivity index (χ3v) is 6.68. The Morgan fingerprint density at radius 3 is 2.76 bits per heavy atom. The van der Waals surface area contributed by atoms with Crippen LogP contribution >= 0.6 is 0 Å². The molecule has 3 heterocycles. The van der Waals surface area contributed by atoms with Crippen molar-refractivity contribution in [3.8, 4) is 5.88 Å². The second kappa shape index (κ2) is 12.3. The van der Waals surface area contributed by atoms with Crippen LogP contribution in [0, 0.1) is 6.92 Å². The van der Waals surface area contributed by atoms with E-state index < -0.39 is 0 Å². The number of ether oxygens (including phenoxy) is 2. The smallest absolute Gasteiger partial charge is 0.215 e. The number of anilines is 1. The van der Waals surface area contributed by atoms with Crippen LogP contribution in [0.1, 0.15) is 30.7 Å². The molecule has 7 heteroatoms. The highest BCUT2D eigenvalue weighted by atomic mass is 16.5. The van der Waals surface area contributed by atoms with Gasteiger partial charge in [-0.05, 0) is 32.0 Å². The van der Waals surface area contributed by atoms with Gasteiger partial charge in [0, 0.05) is 63.3 Å². The van der Waals surface area contributed by atoms with E-state index in [1.54, 1.807) is 0 Å². The molecule has 0 N–H and O–H groups in total. The van der Waals surface area contributed by atoms with Crippen LogP contribution in [0.5, 0.6) is 5.88 Å². The average Bonchev–Trinajstić information content (AvgIpc) is 2.85. The Morgan fingerprint density at radius 1 is 1.15 bits per heavy atom. The largest absolute Gasteiger partial charge is 0.476 e. The molecule has 1 aromatic carbocycles. The zero-order valence-corrected chi connectivity index (χ0v) is 20.9. The van der Waals surface area contributed by atoms with Crippen molar-refractivity contribution >= 4 is 11.9 Å². The molecule has 184 valence electrons. The average molecular weight is 466 g/mol. The summed E-state index contributed by atoms with van der Waals surface area (Å²) in [4.78, 5) is 16.8. The first kappa shape index (κ1) is 24.6. The standard InChI is InChI=1S/C27H39N5O2/c1-4-30-8-9-31(23(3)21-30)12-15-34-27-18-26(32-10-13-33-14-11-32)17-25(29-27)20-28-19-24-7-5-6-22(2)16-24/h5-7,16-19,23H,4,8-15,20-21H2,1-3H3. The number of aromatic nitrogens is 1. The summed E-state index contributed by atoms with van der Waals surface area (Å²) in [5.74, 6) is 0.685. The molecule has 0 amide bonds. The zero-order valence-electron chi connectivity index (χ0n) is 20.9. The lowest BCUT2D eigenvalue weighted by Gasteiger charge is -2.39. The first-order chi connectivity index (χ1) is 16.6. The number of nitrogens with zero attached hydrogens (tertiary/aromatic N) is 5. The summed E-state index contributed by atoms with van der Waals surface area (Å²) >= 11 is 0. The minimum Gasteiger partial charge on any atom is -0.476 e. The van der Waals surface area contributed by atoms with E-state index in [1.807, 2.05) is 6.21 Å². The molecule has 0 bridgehead atoms. The summed E-state index contributed by atoms with van der Waals surface area (Å²) < 4.78 is 11.7. The van der Waals surface area contributed by atoms with Gasteiger partial charge in [0.25, 0.3) is 0 Å². The molecule has 2 saturated heterocycles. The molecule has 0 radical (unpaired) electrons. The normalized spacial score (nSPS) is 20.2. The Hall–Kier alpha value is -2.48. The molecule has 0 aliphatic carbocycles. The van der Waals surface area contributed by atoms with Gasteiger partial charge < -0.3 is 19.3 Å². The van der Waals surface area contributed by atoms with Gasteiger partial charge in [-0.25, -0.2) is 4.98 Å². The van der Waals surface area contributed by atoms with E-state index in [0.717, 1.165) is 76.0 Å².